The molecule has 0 spiro atoms. The Hall–Kier alpha value is -1.51. The zero-order chi connectivity index (χ0) is 13.9. The molecule has 0 atom stereocenters. The zero-order valence-corrected chi connectivity index (χ0v) is 12.2. The van der Waals surface area contributed by atoms with Gasteiger partial charge in [0.05, 0.1) is 0 Å². The van der Waals surface area contributed by atoms with Gasteiger partial charge in [0, 0.05) is 31.7 Å². The molecule has 3 nitrogen and oxygen atoms in total. The molecular weight excluding hydrogens is 236 g/mol. The number of unbranched alkanes of at least 4 members (excludes halogenated alkanes) is 2. The third kappa shape index (κ3) is 6.27. The summed E-state index contributed by atoms with van der Waals surface area (Å²) in [6, 6.07) is 10.2. The molecule has 0 heterocycles. The summed E-state index contributed by atoms with van der Waals surface area (Å²) in [5, 5.41) is 2.98. The standard InChI is InChI=1S/C16H26N2O/c1-3-5-9-13-17-16(19)12-14-18(4-2)15-10-7-6-8-11-15/h6-8,10-11H,3-5,9,12-14H2,1-2H3,(H,17,19). The van der Waals surface area contributed by atoms with E-state index in [2.05, 4.69) is 36.2 Å². The van der Waals surface area contributed by atoms with E-state index in [1.165, 1.54) is 18.5 Å². The topological polar surface area (TPSA) is 32.3 Å². The number of carbonyl (C=O) groups is 1. The molecule has 0 unspecified atom stereocenters. The Morgan fingerprint density at radius 1 is 1.16 bits per heavy atom. The van der Waals surface area contributed by atoms with Crippen LogP contribution >= 0.6 is 0 Å². The van der Waals surface area contributed by atoms with E-state index in [1.54, 1.807) is 0 Å². The first-order valence-electron chi connectivity index (χ1n) is 7.34. The fourth-order valence-corrected chi connectivity index (χ4v) is 2.04. The van der Waals surface area contributed by atoms with Crippen LogP contribution in [0, 0.1) is 0 Å². The molecule has 0 fully saturated rings. The molecule has 106 valence electrons. The number of anilines is 1. The molecule has 1 N–H and O–H groups in total. The molecule has 1 amide bonds. The quantitative estimate of drug-likeness (QED) is 0.693. The van der Waals surface area contributed by atoms with Gasteiger partial charge in [-0.05, 0) is 25.5 Å². The number of amides is 1. The average molecular weight is 262 g/mol. The third-order valence-corrected chi connectivity index (χ3v) is 3.21. The van der Waals surface area contributed by atoms with Crippen LogP contribution in [0.5, 0.6) is 0 Å². The molecule has 0 bridgehead atoms. The number of hydrogen-bond donors (Lipinski definition) is 1. The molecule has 3 heteroatoms. The highest BCUT2D eigenvalue weighted by molar-refractivity contribution is 5.76. The third-order valence-electron chi connectivity index (χ3n) is 3.21. The molecule has 1 aromatic carbocycles. The van der Waals surface area contributed by atoms with E-state index in [0.29, 0.717) is 6.42 Å². The van der Waals surface area contributed by atoms with Crippen LogP contribution in [-0.4, -0.2) is 25.5 Å². The first-order valence-corrected chi connectivity index (χ1v) is 7.34. The van der Waals surface area contributed by atoms with Crippen LogP contribution < -0.4 is 10.2 Å². The number of nitrogens with one attached hydrogen (secondary N) is 1. The fourth-order valence-electron chi connectivity index (χ4n) is 2.04. The fraction of sp³-hybridized carbons (Fsp3) is 0.562. The highest BCUT2D eigenvalue weighted by atomic mass is 16.1. The Bertz CT molecular complexity index is 351. The van der Waals surface area contributed by atoms with Crippen molar-refractivity contribution in [3.05, 3.63) is 30.3 Å². The average Bonchev–Trinajstić information content (AvgIpc) is 2.45. The van der Waals surface area contributed by atoms with E-state index < -0.39 is 0 Å². The van der Waals surface area contributed by atoms with Gasteiger partial charge in [-0.1, -0.05) is 38.0 Å². The van der Waals surface area contributed by atoms with Crippen LogP contribution in [0.3, 0.4) is 0 Å². The second-order valence-corrected chi connectivity index (χ2v) is 4.72. The number of para-hydroxylation sites is 1. The maximum absolute atomic E-state index is 11.7. The first kappa shape index (κ1) is 15.5. The van der Waals surface area contributed by atoms with Gasteiger partial charge in [0.1, 0.15) is 0 Å². The molecule has 0 radical (unpaired) electrons. The van der Waals surface area contributed by atoms with Gasteiger partial charge < -0.3 is 10.2 Å². The highest BCUT2D eigenvalue weighted by Crippen LogP contribution is 2.12. The van der Waals surface area contributed by atoms with Crippen molar-refractivity contribution >= 4 is 11.6 Å². The van der Waals surface area contributed by atoms with E-state index in [9.17, 15) is 4.79 Å². The summed E-state index contributed by atoms with van der Waals surface area (Å²) in [4.78, 5) is 13.9. The molecule has 0 aliphatic carbocycles. The van der Waals surface area contributed by atoms with Crippen molar-refractivity contribution in [2.45, 2.75) is 39.5 Å². The van der Waals surface area contributed by atoms with Gasteiger partial charge in [-0.2, -0.15) is 0 Å². The van der Waals surface area contributed by atoms with Crippen LogP contribution in [0.25, 0.3) is 0 Å². The van der Waals surface area contributed by atoms with Crippen LogP contribution in [0.4, 0.5) is 5.69 Å². The minimum absolute atomic E-state index is 0.158. The first-order chi connectivity index (χ1) is 9.27. The molecule has 1 aromatic rings. The van der Waals surface area contributed by atoms with Gasteiger partial charge in [0.2, 0.25) is 5.91 Å². The number of hydrogen-bond acceptors (Lipinski definition) is 2. The van der Waals surface area contributed by atoms with E-state index in [4.69, 9.17) is 0 Å². The zero-order valence-electron chi connectivity index (χ0n) is 12.2. The Balaban J connectivity index is 2.28. The van der Waals surface area contributed by atoms with Gasteiger partial charge in [-0.15, -0.1) is 0 Å². The van der Waals surface area contributed by atoms with E-state index >= 15 is 0 Å². The molecule has 0 aliphatic rings. The van der Waals surface area contributed by atoms with E-state index in [1.807, 2.05) is 18.2 Å². The summed E-state index contributed by atoms with van der Waals surface area (Å²) < 4.78 is 0. The monoisotopic (exact) mass is 262 g/mol. The lowest BCUT2D eigenvalue weighted by molar-refractivity contribution is -0.120. The number of benzene rings is 1. The lowest BCUT2D eigenvalue weighted by Crippen LogP contribution is -2.31. The summed E-state index contributed by atoms with van der Waals surface area (Å²) in [7, 11) is 0. The molecule has 0 aromatic heterocycles. The molecule has 0 saturated heterocycles. The summed E-state index contributed by atoms with van der Waals surface area (Å²) >= 11 is 0. The summed E-state index contributed by atoms with van der Waals surface area (Å²) in [5.74, 6) is 0.158. The van der Waals surface area contributed by atoms with Crippen LogP contribution in [0.15, 0.2) is 30.3 Å². The summed E-state index contributed by atoms with van der Waals surface area (Å²) in [5.41, 5.74) is 1.18. The van der Waals surface area contributed by atoms with Crippen LogP contribution in [-0.2, 0) is 4.79 Å². The minimum atomic E-state index is 0.158. The largest absolute Gasteiger partial charge is 0.371 e. The lowest BCUT2D eigenvalue weighted by atomic mass is 10.2. The number of rotatable bonds is 9. The van der Waals surface area contributed by atoms with E-state index in [-0.39, 0.29) is 5.91 Å². The Kier molecular flexibility index (Phi) is 7.71. The van der Waals surface area contributed by atoms with Gasteiger partial charge in [-0.3, -0.25) is 4.79 Å². The molecule has 19 heavy (non-hydrogen) atoms. The van der Waals surface area contributed by atoms with Crippen molar-refractivity contribution in [3.63, 3.8) is 0 Å². The van der Waals surface area contributed by atoms with Crippen molar-refractivity contribution in [3.8, 4) is 0 Å². The van der Waals surface area contributed by atoms with Crippen molar-refractivity contribution in [2.75, 3.05) is 24.5 Å². The SMILES string of the molecule is CCCCCNC(=O)CCN(CC)c1ccccc1. The maximum Gasteiger partial charge on any atom is 0.221 e. The Morgan fingerprint density at radius 2 is 1.89 bits per heavy atom. The van der Waals surface area contributed by atoms with Gasteiger partial charge >= 0.3 is 0 Å². The predicted octanol–water partition coefficient (Wildman–Crippen LogP) is 3.21. The van der Waals surface area contributed by atoms with Crippen molar-refractivity contribution < 1.29 is 4.79 Å². The van der Waals surface area contributed by atoms with Crippen LogP contribution in [0.2, 0.25) is 0 Å². The normalized spacial score (nSPS) is 10.2. The second kappa shape index (κ2) is 9.42. The number of nitrogens with zero attached hydrogens (tertiary/aromatic N) is 1. The van der Waals surface area contributed by atoms with Gasteiger partial charge in [0.15, 0.2) is 0 Å². The van der Waals surface area contributed by atoms with E-state index in [0.717, 1.165) is 26.1 Å². The molecule has 0 saturated carbocycles. The van der Waals surface area contributed by atoms with Gasteiger partial charge in [0.25, 0.3) is 0 Å². The predicted molar refractivity (Wildman–Crippen MR) is 81.5 cm³/mol. The van der Waals surface area contributed by atoms with Crippen molar-refractivity contribution in [1.29, 1.82) is 0 Å². The summed E-state index contributed by atoms with van der Waals surface area (Å²) in [6.07, 6.45) is 4.02. The minimum Gasteiger partial charge on any atom is -0.371 e. The molecular formula is C16H26N2O. The smallest absolute Gasteiger partial charge is 0.221 e. The number of carbonyl (C=O) groups excluding carboxylic acids is 1. The Morgan fingerprint density at radius 3 is 2.53 bits per heavy atom. The molecule has 1 rings (SSSR count). The van der Waals surface area contributed by atoms with Crippen molar-refractivity contribution in [1.82, 2.24) is 5.32 Å². The molecule has 0 aliphatic heterocycles. The van der Waals surface area contributed by atoms with Crippen molar-refractivity contribution in [2.24, 2.45) is 0 Å². The Labute approximate surface area is 117 Å². The van der Waals surface area contributed by atoms with Gasteiger partial charge in [-0.25, -0.2) is 0 Å². The van der Waals surface area contributed by atoms with Crippen LogP contribution in [0.1, 0.15) is 39.5 Å². The maximum atomic E-state index is 11.7. The lowest BCUT2D eigenvalue weighted by Gasteiger charge is -2.22. The highest BCUT2D eigenvalue weighted by Gasteiger charge is 2.06. The second-order valence-electron chi connectivity index (χ2n) is 4.72. The summed E-state index contributed by atoms with van der Waals surface area (Å²) in [6.45, 7) is 6.80.